The van der Waals surface area contributed by atoms with Gasteiger partial charge in [-0.1, -0.05) is 73.1 Å². The molecule has 4 saturated carbocycles. The first kappa shape index (κ1) is 33.2. The number of carbonyl (C=O) groups excluding carboxylic acids is 2. The van der Waals surface area contributed by atoms with Gasteiger partial charge in [-0.3, -0.25) is 14.6 Å². The molecular formula is C42H61N3O2. The first-order chi connectivity index (χ1) is 22.2. The molecule has 6 aliphatic rings. The van der Waals surface area contributed by atoms with Crippen LogP contribution >= 0.6 is 0 Å². The SMILES string of the molecule is CCN1CCN(C(=O)[C@]23CC[C@@H](C)[C@H](C)[C@@H]2C2=CC[C@@H]4[C@@]5(C)C/C(=C/c6ccccn6)C(=O)C(C)(C)[C@@H]5CC[C@@]4(C)[C@]2(C)CC3)CC1. The highest BCUT2D eigenvalue weighted by molar-refractivity contribution is 6.04. The van der Waals surface area contributed by atoms with Crippen LogP contribution in [0.5, 0.6) is 0 Å². The Morgan fingerprint density at radius 1 is 0.957 bits per heavy atom. The third-order valence-corrected chi connectivity index (χ3v) is 16.1. The largest absolute Gasteiger partial charge is 0.340 e. The third-order valence-electron chi connectivity index (χ3n) is 16.1. The highest BCUT2D eigenvalue weighted by atomic mass is 16.2. The topological polar surface area (TPSA) is 53.5 Å². The zero-order valence-corrected chi connectivity index (χ0v) is 30.7. The summed E-state index contributed by atoms with van der Waals surface area (Å²) in [5.74, 6) is 3.10. The van der Waals surface area contributed by atoms with Crippen molar-refractivity contribution < 1.29 is 9.59 Å². The Morgan fingerprint density at radius 2 is 1.70 bits per heavy atom. The Labute approximate surface area is 285 Å². The van der Waals surface area contributed by atoms with E-state index in [0.717, 1.165) is 88.9 Å². The monoisotopic (exact) mass is 639 g/mol. The van der Waals surface area contributed by atoms with Crippen LogP contribution in [0, 0.1) is 56.7 Å². The average molecular weight is 640 g/mol. The number of amides is 1. The van der Waals surface area contributed by atoms with Crippen LogP contribution in [0.25, 0.3) is 6.08 Å². The molecule has 7 rings (SSSR count). The molecule has 47 heavy (non-hydrogen) atoms. The van der Waals surface area contributed by atoms with Gasteiger partial charge in [0.2, 0.25) is 5.91 Å². The van der Waals surface area contributed by atoms with Crippen molar-refractivity contribution in [2.75, 3.05) is 32.7 Å². The first-order valence-electron chi connectivity index (χ1n) is 19.1. The Kier molecular flexibility index (Phi) is 8.05. The van der Waals surface area contributed by atoms with Crippen molar-refractivity contribution in [3.05, 3.63) is 47.3 Å². The third kappa shape index (κ3) is 4.67. The first-order valence-corrected chi connectivity index (χ1v) is 19.1. The van der Waals surface area contributed by atoms with E-state index in [1.54, 1.807) is 5.57 Å². The summed E-state index contributed by atoms with van der Waals surface area (Å²) >= 11 is 0. The van der Waals surface area contributed by atoms with E-state index in [2.05, 4.69) is 82.3 Å². The minimum absolute atomic E-state index is 0.0187. The molecule has 5 fully saturated rings. The molecule has 1 saturated heterocycles. The number of likely N-dealkylation sites (N-methyl/N-ethyl adjacent to an activating group) is 1. The zero-order chi connectivity index (χ0) is 33.6. The fourth-order valence-corrected chi connectivity index (χ4v) is 13.1. The van der Waals surface area contributed by atoms with Crippen LogP contribution in [0.4, 0.5) is 0 Å². The van der Waals surface area contributed by atoms with E-state index in [9.17, 15) is 9.59 Å². The number of Topliss-reactive ketones (excluding diaryl/α,β-unsaturated/α-hetero) is 1. The fourth-order valence-electron chi connectivity index (χ4n) is 13.1. The van der Waals surface area contributed by atoms with Gasteiger partial charge in [0.15, 0.2) is 5.78 Å². The minimum Gasteiger partial charge on any atom is -0.340 e. The molecule has 5 heteroatoms. The number of aromatic nitrogens is 1. The van der Waals surface area contributed by atoms with Crippen LogP contribution in [0.1, 0.15) is 112 Å². The molecule has 1 aromatic heterocycles. The Morgan fingerprint density at radius 3 is 2.38 bits per heavy atom. The molecule has 0 aromatic carbocycles. The molecule has 0 radical (unpaired) electrons. The number of pyridine rings is 1. The van der Waals surface area contributed by atoms with Gasteiger partial charge in [0.25, 0.3) is 0 Å². The van der Waals surface area contributed by atoms with Gasteiger partial charge < -0.3 is 9.80 Å². The summed E-state index contributed by atoms with van der Waals surface area (Å²) in [6, 6.07) is 5.98. The van der Waals surface area contributed by atoms with E-state index in [1.807, 2.05) is 24.4 Å². The zero-order valence-electron chi connectivity index (χ0n) is 30.7. The van der Waals surface area contributed by atoms with Crippen LogP contribution in [0.2, 0.25) is 0 Å². The number of hydrogen-bond donors (Lipinski definition) is 0. The number of fused-ring (bicyclic) bond motifs is 7. The number of rotatable bonds is 3. The number of hydrogen-bond acceptors (Lipinski definition) is 4. The lowest BCUT2D eigenvalue weighted by Gasteiger charge is -2.71. The summed E-state index contributed by atoms with van der Waals surface area (Å²) in [5.41, 5.74) is 3.03. The summed E-state index contributed by atoms with van der Waals surface area (Å²) in [5, 5.41) is 0. The van der Waals surface area contributed by atoms with Crippen molar-refractivity contribution in [1.82, 2.24) is 14.8 Å². The average Bonchev–Trinajstić information content (AvgIpc) is 3.05. The van der Waals surface area contributed by atoms with Crippen LogP contribution in [0.15, 0.2) is 41.6 Å². The van der Waals surface area contributed by atoms with E-state index in [0.29, 0.717) is 41.3 Å². The molecule has 1 amide bonds. The van der Waals surface area contributed by atoms with Crippen LogP contribution in [-0.4, -0.2) is 59.2 Å². The molecule has 0 bridgehead atoms. The predicted octanol–water partition coefficient (Wildman–Crippen LogP) is 8.47. The van der Waals surface area contributed by atoms with E-state index in [4.69, 9.17) is 0 Å². The summed E-state index contributed by atoms with van der Waals surface area (Å²) < 4.78 is 0. The van der Waals surface area contributed by atoms with Crippen molar-refractivity contribution in [1.29, 1.82) is 0 Å². The van der Waals surface area contributed by atoms with Crippen LogP contribution in [0.3, 0.4) is 0 Å². The normalized spacial score (nSPS) is 44.1. The van der Waals surface area contributed by atoms with Crippen molar-refractivity contribution in [2.24, 2.45) is 56.7 Å². The lowest BCUT2D eigenvalue weighted by atomic mass is 9.33. The lowest BCUT2D eigenvalue weighted by molar-refractivity contribution is -0.184. The molecule has 5 nitrogen and oxygen atoms in total. The second kappa shape index (κ2) is 11.4. The van der Waals surface area contributed by atoms with Crippen molar-refractivity contribution in [3.63, 3.8) is 0 Å². The summed E-state index contributed by atoms with van der Waals surface area (Å²) in [6.07, 6.45) is 15.1. The summed E-state index contributed by atoms with van der Waals surface area (Å²) in [6.45, 7) is 24.2. The van der Waals surface area contributed by atoms with E-state index in [-0.39, 0.29) is 21.7 Å². The van der Waals surface area contributed by atoms with Crippen molar-refractivity contribution >= 4 is 17.8 Å². The van der Waals surface area contributed by atoms with Crippen LogP contribution < -0.4 is 0 Å². The predicted molar refractivity (Wildman–Crippen MR) is 190 cm³/mol. The van der Waals surface area contributed by atoms with Gasteiger partial charge in [0.05, 0.1) is 11.1 Å². The Bertz CT molecular complexity index is 1470. The molecule has 256 valence electrons. The second-order valence-corrected chi connectivity index (χ2v) is 18.2. The number of nitrogens with zero attached hydrogens (tertiary/aromatic N) is 3. The second-order valence-electron chi connectivity index (χ2n) is 18.2. The molecular weight excluding hydrogens is 578 g/mol. The molecule has 9 atom stereocenters. The fraction of sp³-hybridized carbons (Fsp3) is 0.738. The quantitative estimate of drug-likeness (QED) is 0.246. The smallest absolute Gasteiger partial charge is 0.229 e. The maximum Gasteiger partial charge on any atom is 0.229 e. The van der Waals surface area contributed by atoms with Gasteiger partial charge in [0, 0.05) is 37.8 Å². The highest BCUT2D eigenvalue weighted by Gasteiger charge is 2.70. The molecule has 2 heterocycles. The van der Waals surface area contributed by atoms with Crippen LogP contribution in [-0.2, 0) is 9.59 Å². The highest BCUT2D eigenvalue weighted by Crippen LogP contribution is 2.76. The summed E-state index contributed by atoms with van der Waals surface area (Å²) in [4.78, 5) is 38.3. The maximum atomic E-state index is 14.9. The molecule has 1 aromatic rings. The molecule has 1 aliphatic heterocycles. The number of carbonyl (C=O) groups is 2. The van der Waals surface area contributed by atoms with Gasteiger partial charge in [-0.25, -0.2) is 0 Å². The maximum absolute atomic E-state index is 14.9. The van der Waals surface area contributed by atoms with E-state index >= 15 is 0 Å². The van der Waals surface area contributed by atoms with Gasteiger partial charge >= 0.3 is 0 Å². The molecule has 0 unspecified atom stereocenters. The molecule has 5 aliphatic carbocycles. The van der Waals surface area contributed by atoms with Crippen molar-refractivity contribution in [2.45, 2.75) is 107 Å². The van der Waals surface area contributed by atoms with Gasteiger partial charge in [-0.05, 0) is 128 Å². The number of ketones is 1. The van der Waals surface area contributed by atoms with Gasteiger partial charge in [0.1, 0.15) is 0 Å². The number of piperazine rings is 1. The van der Waals surface area contributed by atoms with Crippen molar-refractivity contribution in [3.8, 4) is 0 Å². The van der Waals surface area contributed by atoms with E-state index in [1.165, 1.54) is 6.42 Å². The Balaban J connectivity index is 1.28. The molecule has 0 N–H and O–H groups in total. The molecule has 0 spiro atoms. The minimum atomic E-state index is -0.400. The standard InChI is InChI=1S/C42H61N3O2/c1-9-44-22-24-45(25-23-44)37(47)42-18-15-28(2)29(3)35(42)32-13-14-34-39(6)27-30(26-31-12-10-11-21-43-31)36(46)38(4,5)33(39)16-17-41(34,8)40(32,7)19-20-42/h10-13,21,26,28-29,33-35H,9,14-20,22-25,27H2,1-8H3/b30-26-/t28-,29+,33+,34-,35-,39+,40-,41-,42+/m1/s1. The number of allylic oxidation sites excluding steroid dienone is 3. The summed E-state index contributed by atoms with van der Waals surface area (Å²) in [7, 11) is 0. The van der Waals surface area contributed by atoms with Gasteiger partial charge in [-0.15, -0.1) is 0 Å². The Hall–Kier alpha value is -2.27. The van der Waals surface area contributed by atoms with E-state index < -0.39 is 5.41 Å². The van der Waals surface area contributed by atoms with Gasteiger partial charge in [-0.2, -0.15) is 0 Å². The lowest BCUT2D eigenvalue weighted by Crippen LogP contribution is -2.66.